The van der Waals surface area contributed by atoms with Crippen molar-refractivity contribution in [3.63, 3.8) is 0 Å². The molecule has 0 amide bonds. The van der Waals surface area contributed by atoms with Gasteiger partial charge in [0.2, 0.25) is 10.0 Å². The maximum Gasteiger partial charge on any atom is 0.212 e. The van der Waals surface area contributed by atoms with Crippen LogP contribution in [0.1, 0.15) is 32.9 Å². The van der Waals surface area contributed by atoms with Crippen molar-refractivity contribution < 1.29 is 8.42 Å². The molecular formula is C14H23BrN2O2S. The molecule has 6 heteroatoms. The maximum absolute atomic E-state index is 12.2. The van der Waals surface area contributed by atoms with E-state index >= 15 is 0 Å². The van der Waals surface area contributed by atoms with Crippen LogP contribution in [0.4, 0.5) is 0 Å². The molecule has 1 aromatic rings. The van der Waals surface area contributed by atoms with Crippen molar-refractivity contribution in [1.82, 2.24) is 9.71 Å². The molecule has 1 heterocycles. The third-order valence-corrected chi connectivity index (χ3v) is 4.96. The molecule has 1 unspecified atom stereocenters. The van der Waals surface area contributed by atoms with E-state index in [0.29, 0.717) is 6.42 Å². The van der Waals surface area contributed by atoms with Crippen molar-refractivity contribution >= 4 is 26.0 Å². The minimum atomic E-state index is -3.30. The topological polar surface area (TPSA) is 59.1 Å². The highest BCUT2D eigenvalue weighted by Crippen LogP contribution is 2.23. The first-order valence-electron chi connectivity index (χ1n) is 6.70. The second-order valence-electron chi connectivity index (χ2n) is 5.90. The third kappa shape index (κ3) is 6.33. The van der Waals surface area contributed by atoms with Crippen LogP contribution in [0.5, 0.6) is 0 Å². The fourth-order valence-electron chi connectivity index (χ4n) is 1.84. The number of nitrogens with zero attached hydrogens (tertiary/aromatic N) is 1. The zero-order valence-corrected chi connectivity index (χ0v) is 14.7. The Balaban J connectivity index is 2.64. The molecule has 114 valence electrons. The Morgan fingerprint density at radius 2 is 2.05 bits per heavy atom. The molecule has 1 atom stereocenters. The summed E-state index contributed by atoms with van der Waals surface area (Å²) in [5, 5.41) is 0.775. The number of aromatic nitrogens is 1. The highest BCUT2D eigenvalue weighted by Gasteiger charge is 2.28. The van der Waals surface area contributed by atoms with Crippen LogP contribution in [0.3, 0.4) is 0 Å². The van der Waals surface area contributed by atoms with E-state index in [4.69, 9.17) is 0 Å². The molecule has 4 nitrogen and oxygen atoms in total. The molecule has 0 radical (unpaired) electrons. The Labute approximate surface area is 130 Å². The standard InChI is InChI=1S/C14H23BrN2O2S/c1-14(2,3)13(7-9-15)17-20(18,19)11-8-12-6-4-5-10-16-12/h4-6,10,13,17H,7-9,11H2,1-3H3. The lowest BCUT2D eigenvalue weighted by Gasteiger charge is -2.30. The van der Waals surface area contributed by atoms with Crippen LogP contribution < -0.4 is 4.72 Å². The minimum Gasteiger partial charge on any atom is -0.261 e. The van der Waals surface area contributed by atoms with E-state index in [0.717, 1.165) is 17.4 Å². The summed E-state index contributed by atoms with van der Waals surface area (Å²) in [7, 11) is -3.30. The van der Waals surface area contributed by atoms with Crippen LogP contribution in [0.15, 0.2) is 24.4 Å². The van der Waals surface area contributed by atoms with Gasteiger partial charge < -0.3 is 0 Å². The summed E-state index contributed by atoms with van der Waals surface area (Å²) in [6, 6.07) is 5.46. The third-order valence-electron chi connectivity index (χ3n) is 3.12. The molecule has 1 aromatic heterocycles. The molecule has 0 aliphatic carbocycles. The highest BCUT2D eigenvalue weighted by atomic mass is 79.9. The Morgan fingerprint density at radius 1 is 1.35 bits per heavy atom. The number of pyridine rings is 1. The molecule has 0 aliphatic rings. The van der Waals surface area contributed by atoms with Gasteiger partial charge in [0.05, 0.1) is 5.75 Å². The number of hydrogen-bond donors (Lipinski definition) is 1. The molecule has 0 saturated heterocycles. The predicted octanol–water partition coefficient (Wildman–Crippen LogP) is 2.74. The first kappa shape index (κ1) is 17.6. The van der Waals surface area contributed by atoms with Crippen molar-refractivity contribution in [2.45, 2.75) is 39.7 Å². The van der Waals surface area contributed by atoms with Gasteiger partial charge in [0.25, 0.3) is 0 Å². The normalized spacial score (nSPS) is 14.2. The summed E-state index contributed by atoms with van der Waals surface area (Å²) in [6.45, 7) is 6.13. The minimum absolute atomic E-state index is 0.0683. The van der Waals surface area contributed by atoms with Gasteiger partial charge in [-0.05, 0) is 24.0 Å². The van der Waals surface area contributed by atoms with Crippen LogP contribution in [-0.4, -0.2) is 30.5 Å². The molecule has 0 aliphatic heterocycles. The number of hydrogen-bond acceptors (Lipinski definition) is 3. The van der Waals surface area contributed by atoms with Gasteiger partial charge in [0.1, 0.15) is 0 Å². The van der Waals surface area contributed by atoms with E-state index in [1.807, 2.05) is 39.0 Å². The van der Waals surface area contributed by atoms with E-state index in [2.05, 4.69) is 25.6 Å². The largest absolute Gasteiger partial charge is 0.261 e. The van der Waals surface area contributed by atoms with Crippen molar-refractivity contribution in [2.75, 3.05) is 11.1 Å². The monoisotopic (exact) mass is 362 g/mol. The fourth-order valence-corrected chi connectivity index (χ4v) is 3.80. The van der Waals surface area contributed by atoms with Gasteiger partial charge in [-0.15, -0.1) is 0 Å². The molecule has 0 bridgehead atoms. The first-order chi connectivity index (χ1) is 9.24. The van der Waals surface area contributed by atoms with Crippen LogP contribution in [0, 0.1) is 5.41 Å². The summed E-state index contributed by atoms with van der Waals surface area (Å²) < 4.78 is 27.2. The van der Waals surface area contributed by atoms with Crippen molar-refractivity contribution in [3.05, 3.63) is 30.1 Å². The molecule has 1 rings (SSSR count). The van der Waals surface area contributed by atoms with Gasteiger partial charge in [0.15, 0.2) is 0 Å². The number of alkyl halides is 1. The van der Waals surface area contributed by atoms with Crippen molar-refractivity contribution in [2.24, 2.45) is 5.41 Å². The average molecular weight is 363 g/mol. The summed E-state index contributed by atoms with van der Waals surface area (Å²) in [6.07, 6.45) is 2.88. The van der Waals surface area contributed by atoms with E-state index in [1.165, 1.54) is 0 Å². The Kier molecular flexibility index (Phi) is 6.61. The molecule has 1 N–H and O–H groups in total. The van der Waals surface area contributed by atoms with Gasteiger partial charge in [-0.3, -0.25) is 4.98 Å². The lowest BCUT2D eigenvalue weighted by molar-refractivity contribution is 0.293. The molecular weight excluding hydrogens is 340 g/mol. The Morgan fingerprint density at radius 3 is 2.55 bits per heavy atom. The zero-order valence-electron chi connectivity index (χ0n) is 12.3. The molecule has 0 saturated carbocycles. The van der Waals surface area contributed by atoms with Crippen molar-refractivity contribution in [1.29, 1.82) is 0 Å². The van der Waals surface area contributed by atoms with Crippen molar-refractivity contribution in [3.8, 4) is 0 Å². The smallest absolute Gasteiger partial charge is 0.212 e. The highest BCUT2D eigenvalue weighted by molar-refractivity contribution is 9.09. The summed E-state index contributed by atoms with van der Waals surface area (Å²) in [5.41, 5.74) is 0.692. The van der Waals surface area contributed by atoms with E-state index in [-0.39, 0.29) is 17.2 Å². The lowest BCUT2D eigenvalue weighted by atomic mass is 9.86. The lowest BCUT2D eigenvalue weighted by Crippen LogP contribution is -2.45. The van der Waals surface area contributed by atoms with Gasteiger partial charge in [-0.25, -0.2) is 13.1 Å². The van der Waals surface area contributed by atoms with Gasteiger partial charge >= 0.3 is 0 Å². The van der Waals surface area contributed by atoms with E-state index < -0.39 is 10.0 Å². The summed E-state index contributed by atoms with van der Waals surface area (Å²) >= 11 is 3.38. The summed E-state index contributed by atoms with van der Waals surface area (Å²) in [5.74, 6) is 0.0683. The number of halogens is 1. The maximum atomic E-state index is 12.2. The zero-order chi connectivity index (χ0) is 15.2. The average Bonchev–Trinajstić information content (AvgIpc) is 2.36. The van der Waals surface area contributed by atoms with Gasteiger partial charge in [-0.2, -0.15) is 0 Å². The fraction of sp³-hybridized carbons (Fsp3) is 0.643. The number of aryl methyl sites for hydroxylation is 1. The molecule has 0 fully saturated rings. The number of sulfonamides is 1. The van der Waals surface area contributed by atoms with Crippen LogP contribution >= 0.6 is 15.9 Å². The van der Waals surface area contributed by atoms with Crippen LogP contribution in [0.2, 0.25) is 0 Å². The Bertz CT molecular complexity index is 498. The van der Waals surface area contributed by atoms with E-state index in [9.17, 15) is 8.42 Å². The Hall–Kier alpha value is -0.460. The van der Waals surface area contributed by atoms with E-state index in [1.54, 1.807) is 6.20 Å². The molecule has 0 aromatic carbocycles. The number of nitrogens with one attached hydrogen (secondary N) is 1. The first-order valence-corrected chi connectivity index (χ1v) is 9.48. The predicted molar refractivity (Wildman–Crippen MR) is 86.5 cm³/mol. The number of rotatable bonds is 7. The van der Waals surface area contributed by atoms with Gasteiger partial charge in [0, 0.05) is 29.7 Å². The second kappa shape index (κ2) is 7.52. The quantitative estimate of drug-likeness (QED) is 0.758. The van der Waals surface area contributed by atoms with Crippen LogP contribution in [-0.2, 0) is 16.4 Å². The SMILES string of the molecule is CC(C)(C)C(CCBr)NS(=O)(=O)CCc1ccccn1. The van der Waals surface area contributed by atoms with Gasteiger partial charge in [-0.1, -0.05) is 42.8 Å². The second-order valence-corrected chi connectivity index (χ2v) is 8.57. The summed E-state index contributed by atoms with van der Waals surface area (Å²) in [4.78, 5) is 4.15. The molecule has 20 heavy (non-hydrogen) atoms. The molecule has 0 spiro atoms. The van der Waals surface area contributed by atoms with Crippen LogP contribution in [0.25, 0.3) is 0 Å².